The third kappa shape index (κ3) is 2.57. The van der Waals surface area contributed by atoms with Gasteiger partial charge >= 0.3 is 5.97 Å². The fourth-order valence-corrected chi connectivity index (χ4v) is 2.77. The zero-order chi connectivity index (χ0) is 13.2. The highest BCUT2D eigenvalue weighted by Gasteiger charge is 2.25. The quantitative estimate of drug-likeness (QED) is 0.853. The molecule has 0 atom stereocenters. The van der Waals surface area contributed by atoms with Gasteiger partial charge < -0.3 is 14.9 Å². The number of halogens is 2. The zero-order valence-electron chi connectivity index (χ0n) is 9.38. The van der Waals surface area contributed by atoms with Crippen LogP contribution in [0.3, 0.4) is 0 Å². The number of methoxy groups -OCH3 is 1. The fraction of sp³-hybridized carbons (Fsp3) is 0.364. The van der Waals surface area contributed by atoms with E-state index in [9.17, 15) is 9.90 Å². The van der Waals surface area contributed by atoms with E-state index >= 15 is 0 Å². The first-order valence-corrected chi connectivity index (χ1v) is 6.54. The third-order valence-electron chi connectivity index (χ3n) is 2.33. The fourth-order valence-electron chi connectivity index (χ4n) is 1.60. The van der Waals surface area contributed by atoms with Crippen LogP contribution in [-0.2, 0) is 6.42 Å². The number of carboxylic acids is 1. The van der Waals surface area contributed by atoms with Crippen molar-refractivity contribution >= 4 is 37.8 Å². The lowest BCUT2D eigenvalue weighted by molar-refractivity contribution is 0.0691. The molecular formula is C11H12Br2O4. The van der Waals surface area contributed by atoms with Crippen molar-refractivity contribution in [2.45, 2.75) is 19.8 Å². The van der Waals surface area contributed by atoms with Gasteiger partial charge in [0.15, 0.2) is 11.5 Å². The van der Waals surface area contributed by atoms with Crippen LogP contribution in [-0.4, -0.2) is 23.3 Å². The van der Waals surface area contributed by atoms with Crippen LogP contribution in [0.4, 0.5) is 0 Å². The monoisotopic (exact) mass is 366 g/mol. The molecule has 0 bridgehead atoms. The lowest BCUT2D eigenvalue weighted by atomic mass is 10.0. The predicted molar refractivity (Wildman–Crippen MR) is 71.0 cm³/mol. The molecule has 2 N–H and O–H groups in total. The topological polar surface area (TPSA) is 66.8 Å². The lowest BCUT2D eigenvalue weighted by Gasteiger charge is -2.15. The minimum Gasteiger partial charge on any atom is -0.504 e. The number of aromatic hydroxyl groups is 1. The van der Waals surface area contributed by atoms with Crippen LogP contribution in [0.1, 0.15) is 29.3 Å². The maximum absolute atomic E-state index is 11.2. The van der Waals surface area contributed by atoms with E-state index in [1.165, 1.54) is 7.11 Å². The molecule has 0 aliphatic rings. The summed E-state index contributed by atoms with van der Waals surface area (Å²) >= 11 is 6.60. The Morgan fingerprint density at radius 2 is 1.94 bits per heavy atom. The Balaban J connectivity index is 3.64. The van der Waals surface area contributed by atoms with Crippen molar-refractivity contribution in [3.8, 4) is 11.5 Å². The van der Waals surface area contributed by atoms with E-state index in [1.807, 2.05) is 6.92 Å². The summed E-state index contributed by atoms with van der Waals surface area (Å²) in [6.07, 6.45) is 1.33. The summed E-state index contributed by atoms with van der Waals surface area (Å²) in [6, 6.07) is 0. The Labute approximate surface area is 116 Å². The van der Waals surface area contributed by atoms with Crippen molar-refractivity contribution in [2.24, 2.45) is 0 Å². The summed E-state index contributed by atoms with van der Waals surface area (Å²) in [5, 5.41) is 19.1. The number of carbonyl (C=O) groups is 1. The van der Waals surface area contributed by atoms with Crippen molar-refractivity contribution < 1.29 is 19.7 Å². The van der Waals surface area contributed by atoms with Crippen LogP contribution in [0.2, 0.25) is 0 Å². The van der Waals surface area contributed by atoms with Crippen molar-refractivity contribution in [1.82, 2.24) is 0 Å². The zero-order valence-corrected chi connectivity index (χ0v) is 12.6. The summed E-state index contributed by atoms with van der Waals surface area (Å²) in [5.74, 6) is -1.40. The average Bonchev–Trinajstić information content (AvgIpc) is 2.26. The number of phenols is 1. The van der Waals surface area contributed by atoms with Crippen molar-refractivity contribution in [3.63, 3.8) is 0 Å². The van der Waals surface area contributed by atoms with Crippen LogP contribution < -0.4 is 4.74 Å². The lowest BCUT2D eigenvalue weighted by Crippen LogP contribution is -2.06. The van der Waals surface area contributed by atoms with E-state index in [0.717, 1.165) is 6.42 Å². The largest absolute Gasteiger partial charge is 0.504 e. The molecule has 94 valence electrons. The molecule has 4 nitrogen and oxygen atoms in total. The van der Waals surface area contributed by atoms with E-state index in [4.69, 9.17) is 9.84 Å². The maximum Gasteiger partial charge on any atom is 0.339 e. The first-order valence-electron chi connectivity index (χ1n) is 4.95. The average molecular weight is 368 g/mol. The highest BCUT2D eigenvalue weighted by Crippen LogP contribution is 2.45. The molecule has 0 fully saturated rings. The molecule has 0 saturated carbocycles. The highest BCUT2D eigenvalue weighted by atomic mass is 79.9. The van der Waals surface area contributed by atoms with Crippen molar-refractivity contribution in [2.75, 3.05) is 7.11 Å². The van der Waals surface area contributed by atoms with Gasteiger partial charge in [-0.1, -0.05) is 13.3 Å². The molecule has 6 heteroatoms. The van der Waals surface area contributed by atoms with Crippen LogP contribution >= 0.6 is 31.9 Å². The highest BCUT2D eigenvalue weighted by molar-refractivity contribution is 9.13. The number of aromatic carboxylic acids is 1. The summed E-state index contributed by atoms with van der Waals surface area (Å²) in [6.45, 7) is 1.94. The Kier molecular flexibility index (Phi) is 4.82. The van der Waals surface area contributed by atoms with Crippen LogP contribution in [0.15, 0.2) is 8.95 Å². The standard InChI is InChI=1S/C11H12Br2O4/c1-3-4-5-6(11(15)16)9(14)10(17-2)8(13)7(5)12/h14H,3-4H2,1-2H3,(H,15,16). The Bertz CT molecular complexity index is 458. The minimum atomic E-state index is -1.17. The second-order valence-corrected chi connectivity index (χ2v) is 5.00. The van der Waals surface area contributed by atoms with E-state index in [-0.39, 0.29) is 17.1 Å². The van der Waals surface area contributed by atoms with Gasteiger partial charge in [-0.2, -0.15) is 0 Å². The number of hydrogen-bond donors (Lipinski definition) is 2. The third-order valence-corrected chi connectivity index (χ3v) is 4.49. The molecule has 0 saturated heterocycles. The van der Waals surface area contributed by atoms with E-state index < -0.39 is 5.97 Å². The number of carboxylic acid groups (broad SMARTS) is 1. The van der Waals surface area contributed by atoms with Gasteiger partial charge in [-0.05, 0) is 43.8 Å². The van der Waals surface area contributed by atoms with Crippen molar-refractivity contribution in [1.29, 1.82) is 0 Å². The van der Waals surface area contributed by atoms with Gasteiger partial charge in [0.2, 0.25) is 0 Å². The van der Waals surface area contributed by atoms with Gasteiger partial charge in [-0.3, -0.25) is 0 Å². The molecule has 1 aromatic carbocycles. The van der Waals surface area contributed by atoms with Gasteiger partial charge in [0, 0.05) is 4.47 Å². The summed E-state index contributed by atoms with van der Waals surface area (Å²) in [4.78, 5) is 11.2. The summed E-state index contributed by atoms with van der Waals surface area (Å²) in [5.41, 5.74) is 0.448. The molecule has 17 heavy (non-hydrogen) atoms. The Morgan fingerprint density at radius 1 is 1.35 bits per heavy atom. The predicted octanol–water partition coefficient (Wildman–Crippen LogP) is 3.58. The molecule has 0 radical (unpaired) electrons. The van der Waals surface area contributed by atoms with Gasteiger partial charge in [-0.25, -0.2) is 4.79 Å². The van der Waals surface area contributed by atoms with Crippen molar-refractivity contribution in [3.05, 3.63) is 20.1 Å². The number of hydrogen-bond acceptors (Lipinski definition) is 3. The first kappa shape index (κ1) is 14.3. The van der Waals surface area contributed by atoms with Gasteiger partial charge in [0.1, 0.15) is 5.56 Å². The van der Waals surface area contributed by atoms with Crippen LogP contribution in [0.25, 0.3) is 0 Å². The Hall–Kier alpha value is -0.750. The van der Waals surface area contributed by atoms with Crippen LogP contribution in [0, 0.1) is 0 Å². The molecule has 0 heterocycles. The number of ether oxygens (including phenoxy) is 1. The normalized spacial score (nSPS) is 10.4. The SMILES string of the molecule is CCCc1c(Br)c(Br)c(OC)c(O)c1C(=O)O. The number of benzene rings is 1. The maximum atomic E-state index is 11.2. The molecule has 0 aliphatic heterocycles. The molecule has 0 unspecified atom stereocenters. The van der Waals surface area contributed by atoms with Gasteiger partial charge in [0.05, 0.1) is 11.6 Å². The first-order chi connectivity index (χ1) is 7.95. The summed E-state index contributed by atoms with van der Waals surface area (Å²) < 4.78 is 6.11. The minimum absolute atomic E-state index is 0.112. The second kappa shape index (κ2) is 5.73. The molecule has 0 aliphatic carbocycles. The molecular weight excluding hydrogens is 356 g/mol. The molecule has 1 aromatic rings. The van der Waals surface area contributed by atoms with Gasteiger partial charge in [0.25, 0.3) is 0 Å². The molecule has 1 rings (SSSR count). The molecule has 0 amide bonds. The van der Waals surface area contributed by atoms with Crippen LogP contribution in [0.5, 0.6) is 11.5 Å². The molecule has 0 aromatic heterocycles. The van der Waals surface area contributed by atoms with E-state index in [2.05, 4.69) is 31.9 Å². The second-order valence-electron chi connectivity index (χ2n) is 3.42. The number of rotatable bonds is 4. The van der Waals surface area contributed by atoms with Gasteiger partial charge in [-0.15, -0.1) is 0 Å². The Morgan fingerprint density at radius 3 is 2.35 bits per heavy atom. The van der Waals surface area contributed by atoms with E-state index in [0.29, 0.717) is 20.9 Å². The molecule has 0 spiro atoms. The summed E-state index contributed by atoms with van der Waals surface area (Å²) in [7, 11) is 1.37. The van der Waals surface area contributed by atoms with E-state index in [1.54, 1.807) is 0 Å². The smallest absolute Gasteiger partial charge is 0.339 e.